The molecule has 1 rings (SSSR count). The van der Waals surface area contributed by atoms with E-state index in [-0.39, 0.29) is 18.4 Å². The number of carbonyl (C=O) groups excluding carboxylic acids is 2. The van der Waals surface area contributed by atoms with Gasteiger partial charge in [-0.3, -0.25) is 4.79 Å². The molecule has 8 heteroatoms. The highest BCUT2D eigenvalue weighted by molar-refractivity contribution is 5.79. The first-order chi connectivity index (χ1) is 8.95. The van der Waals surface area contributed by atoms with E-state index in [0.29, 0.717) is 25.9 Å². The zero-order valence-electron chi connectivity index (χ0n) is 10.8. The zero-order valence-corrected chi connectivity index (χ0v) is 10.8. The molecule has 0 aliphatic carbocycles. The van der Waals surface area contributed by atoms with Crippen LogP contribution in [0.2, 0.25) is 0 Å². The third kappa shape index (κ3) is 4.40. The predicted molar refractivity (Wildman–Crippen MR) is 65.4 cm³/mol. The van der Waals surface area contributed by atoms with E-state index in [4.69, 9.17) is 10.2 Å². The maximum Gasteiger partial charge on any atom is 0.334 e. The Bertz CT molecular complexity index is 352. The standard InChI is InChI=1S/C11H19N3O5/c1-12-9(16)7-2-4-14(5-3-7)11(19)13-6-8(15)10(17)18/h7-8,15H,2-6H2,1H3,(H,12,16)(H,13,19)(H,17,18). The maximum absolute atomic E-state index is 11.7. The van der Waals surface area contributed by atoms with Gasteiger partial charge in [0.25, 0.3) is 0 Å². The molecule has 1 aliphatic rings. The summed E-state index contributed by atoms with van der Waals surface area (Å²) in [5, 5.41) is 22.4. The topological polar surface area (TPSA) is 119 Å². The summed E-state index contributed by atoms with van der Waals surface area (Å²) in [5.74, 6) is -1.49. The molecule has 8 nitrogen and oxygen atoms in total. The Morgan fingerprint density at radius 1 is 1.32 bits per heavy atom. The first-order valence-corrected chi connectivity index (χ1v) is 6.11. The number of nitrogens with one attached hydrogen (secondary N) is 2. The molecule has 19 heavy (non-hydrogen) atoms. The highest BCUT2D eigenvalue weighted by Crippen LogP contribution is 2.17. The first kappa shape index (κ1) is 15.2. The summed E-state index contributed by atoms with van der Waals surface area (Å²) in [6.07, 6.45) is -0.448. The van der Waals surface area contributed by atoms with Crippen LogP contribution in [0.1, 0.15) is 12.8 Å². The molecule has 1 unspecified atom stereocenters. The van der Waals surface area contributed by atoms with Gasteiger partial charge in [-0.25, -0.2) is 9.59 Å². The van der Waals surface area contributed by atoms with Crippen molar-refractivity contribution in [3.63, 3.8) is 0 Å². The fraction of sp³-hybridized carbons (Fsp3) is 0.727. The van der Waals surface area contributed by atoms with Crippen molar-refractivity contribution in [1.29, 1.82) is 0 Å². The van der Waals surface area contributed by atoms with E-state index in [0.717, 1.165) is 0 Å². The largest absolute Gasteiger partial charge is 0.479 e. The number of amides is 3. The summed E-state index contributed by atoms with van der Waals surface area (Å²) in [4.78, 5) is 35.0. The fourth-order valence-corrected chi connectivity index (χ4v) is 1.93. The van der Waals surface area contributed by atoms with E-state index in [1.165, 1.54) is 4.90 Å². The van der Waals surface area contributed by atoms with Gasteiger partial charge in [-0.2, -0.15) is 0 Å². The Morgan fingerprint density at radius 3 is 2.37 bits per heavy atom. The second-order valence-electron chi connectivity index (χ2n) is 4.42. The van der Waals surface area contributed by atoms with Gasteiger partial charge in [0.15, 0.2) is 6.10 Å². The Kier molecular flexibility index (Phi) is 5.56. The molecule has 0 saturated carbocycles. The molecule has 0 aromatic rings. The molecule has 108 valence electrons. The van der Waals surface area contributed by atoms with Crippen LogP contribution in [0.4, 0.5) is 4.79 Å². The van der Waals surface area contributed by atoms with Crippen LogP contribution in [-0.4, -0.2) is 65.8 Å². The minimum atomic E-state index is -1.60. The lowest BCUT2D eigenvalue weighted by Gasteiger charge is -2.31. The average Bonchev–Trinajstić information content (AvgIpc) is 2.43. The quantitative estimate of drug-likeness (QED) is 0.502. The number of carbonyl (C=O) groups is 3. The molecular weight excluding hydrogens is 254 g/mol. The van der Waals surface area contributed by atoms with Crippen molar-refractivity contribution in [3.8, 4) is 0 Å². The fourth-order valence-electron chi connectivity index (χ4n) is 1.93. The van der Waals surface area contributed by atoms with Crippen LogP contribution < -0.4 is 10.6 Å². The van der Waals surface area contributed by atoms with Crippen LogP contribution in [0.3, 0.4) is 0 Å². The molecule has 0 bridgehead atoms. The van der Waals surface area contributed by atoms with Gasteiger partial charge >= 0.3 is 12.0 Å². The Labute approximate surface area is 110 Å². The number of carboxylic acid groups (broad SMARTS) is 1. The number of aliphatic hydroxyl groups is 1. The highest BCUT2D eigenvalue weighted by atomic mass is 16.4. The van der Waals surface area contributed by atoms with E-state index in [2.05, 4.69) is 10.6 Å². The van der Waals surface area contributed by atoms with Crippen LogP contribution >= 0.6 is 0 Å². The summed E-state index contributed by atoms with van der Waals surface area (Å²) in [5.41, 5.74) is 0. The normalized spacial score (nSPS) is 17.7. The summed E-state index contributed by atoms with van der Waals surface area (Å²) < 4.78 is 0. The number of hydrogen-bond acceptors (Lipinski definition) is 4. The molecule has 1 saturated heterocycles. The van der Waals surface area contributed by atoms with Crippen molar-refractivity contribution in [2.45, 2.75) is 18.9 Å². The molecule has 3 amide bonds. The molecule has 0 spiro atoms. The number of piperidine rings is 1. The van der Waals surface area contributed by atoms with Crippen molar-refractivity contribution in [2.75, 3.05) is 26.7 Å². The molecule has 4 N–H and O–H groups in total. The number of nitrogens with zero attached hydrogens (tertiary/aromatic N) is 1. The monoisotopic (exact) mass is 273 g/mol. The van der Waals surface area contributed by atoms with Gasteiger partial charge in [-0.05, 0) is 12.8 Å². The molecule has 1 aliphatic heterocycles. The van der Waals surface area contributed by atoms with Gasteiger partial charge in [-0.15, -0.1) is 0 Å². The molecule has 0 radical (unpaired) electrons. The predicted octanol–water partition coefficient (Wildman–Crippen LogP) is -1.40. The van der Waals surface area contributed by atoms with Crippen LogP contribution in [0.25, 0.3) is 0 Å². The lowest BCUT2D eigenvalue weighted by Crippen LogP contribution is -2.48. The third-order valence-electron chi connectivity index (χ3n) is 3.13. The van der Waals surface area contributed by atoms with E-state index in [1.807, 2.05) is 0 Å². The molecule has 0 aromatic carbocycles. The van der Waals surface area contributed by atoms with Gasteiger partial charge in [0.1, 0.15) is 0 Å². The minimum absolute atomic E-state index is 0.0265. The van der Waals surface area contributed by atoms with Crippen molar-refractivity contribution < 1.29 is 24.6 Å². The van der Waals surface area contributed by atoms with Crippen LogP contribution in [-0.2, 0) is 9.59 Å². The minimum Gasteiger partial charge on any atom is -0.479 e. The van der Waals surface area contributed by atoms with E-state index in [9.17, 15) is 14.4 Å². The second-order valence-corrected chi connectivity index (χ2v) is 4.42. The van der Waals surface area contributed by atoms with Crippen LogP contribution in [0.5, 0.6) is 0 Å². The first-order valence-electron chi connectivity index (χ1n) is 6.11. The lowest BCUT2D eigenvalue weighted by atomic mass is 9.96. The van der Waals surface area contributed by atoms with E-state index >= 15 is 0 Å². The van der Waals surface area contributed by atoms with Crippen LogP contribution in [0, 0.1) is 5.92 Å². The van der Waals surface area contributed by atoms with E-state index in [1.54, 1.807) is 7.05 Å². The number of urea groups is 1. The molecule has 0 aromatic heterocycles. The summed E-state index contributed by atoms with van der Waals surface area (Å²) in [6, 6.07) is -0.421. The zero-order chi connectivity index (χ0) is 14.4. The summed E-state index contributed by atoms with van der Waals surface area (Å²) >= 11 is 0. The van der Waals surface area contributed by atoms with Gasteiger partial charge in [0.2, 0.25) is 5.91 Å². The Morgan fingerprint density at radius 2 is 1.89 bits per heavy atom. The van der Waals surface area contributed by atoms with Crippen molar-refractivity contribution in [3.05, 3.63) is 0 Å². The number of aliphatic carboxylic acids is 1. The Hall–Kier alpha value is -1.83. The molecular formula is C11H19N3O5. The van der Waals surface area contributed by atoms with Gasteiger partial charge in [0, 0.05) is 26.1 Å². The van der Waals surface area contributed by atoms with Crippen molar-refractivity contribution >= 4 is 17.9 Å². The number of likely N-dealkylation sites (tertiary alicyclic amines) is 1. The van der Waals surface area contributed by atoms with Gasteiger partial charge in [-0.1, -0.05) is 0 Å². The third-order valence-corrected chi connectivity index (χ3v) is 3.13. The summed E-state index contributed by atoms with van der Waals surface area (Å²) in [7, 11) is 1.58. The van der Waals surface area contributed by atoms with Gasteiger partial charge < -0.3 is 25.7 Å². The SMILES string of the molecule is CNC(=O)C1CCN(C(=O)NCC(O)C(=O)O)CC1. The van der Waals surface area contributed by atoms with Crippen molar-refractivity contribution in [1.82, 2.24) is 15.5 Å². The van der Waals surface area contributed by atoms with E-state index < -0.39 is 18.1 Å². The lowest BCUT2D eigenvalue weighted by molar-refractivity contribution is -0.146. The maximum atomic E-state index is 11.7. The molecule has 1 atom stereocenters. The number of hydrogen-bond donors (Lipinski definition) is 4. The smallest absolute Gasteiger partial charge is 0.334 e. The number of aliphatic hydroxyl groups excluding tert-OH is 1. The average molecular weight is 273 g/mol. The second kappa shape index (κ2) is 6.93. The number of rotatable bonds is 4. The molecule has 1 heterocycles. The highest BCUT2D eigenvalue weighted by Gasteiger charge is 2.27. The summed E-state index contributed by atoms with van der Waals surface area (Å²) in [6.45, 7) is 0.545. The number of carboxylic acids is 1. The van der Waals surface area contributed by atoms with Crippen molar-refractivity contribution in [2.24, 2.45) is 5.92 Å². The van der Waals surface area contributed by atoms with Crippen LogP contribution in [0.15, 0.2) is 0 Å². The molecule has 1 fully saturated rings. The Balaban J connectivity index is 2.33. The van der Waals surface area contributed by atoms with Gasteiger partial charge in [0.05, 0.1) is 6.54 Å².